The van der Waals surface area contributed by atoms with E-state index in [1.165, 1.54) is 17.3 Å². The standard InChI is InChI=1S/C27H36FN3O6S/c1-18(2)17-37-30(4)14-12-19-6-8-20(9-7-19)21-10-11-22-23(24(21)28)16-31(25(22)32)15-13-27(3,26(33)29-34)38(5,35)36/h6-11,18,34H,12-17H2,1-5H3,(H,29,33)/t27-/m1/s1. The molecule has 0 spiro atoms. The molecule has 208 valence electrons. The van der Waals surface area contributed by atoms with Crippen molar-refractivity contribution in [1.29, 1.82) is 0 Å². The van der Waals surface area contributed by atoms with Crippen molar-refractivity contribution in [3.05, 3.63) is 58.9 Å². The number of amides is 2. The van der Waals surface area contributed by atoms with E-state index in [1.807, 2.05) is 36.4 Å². The lowest BCUT2D eigenvalue weighted by Gasteiger charge is -2.27. The van der Waals surface area contributed by atoms with Crippen molar-refractivity contribution >= 4 is 21.7 Å². The van der Waals surface area contributed by atoms with Gasteiger partial charge < -0.3 is 4.90 Å². The topological polar surface area (TPSA) is 116 Å². The van der Waals surface area contributed by atoms with Crippen LogP contribution < -0.4 is 5.48 Å². The van der Waals surface area contributed by atoms with Gasteiger partial charge in [0.2, 0.25) is 0 Å². The van der Waals surface area contributed by atoms with E-state index in [9.17, 15) is 18.0 Å². The number of fused-ring (bicyclic) bond motifs is 1. The van der Waals surface area contributed by atoms with E-state index in [1.54, 1.807) is 12.1 Å². The van der Waals surface area contributed by atoms with Gasteiger partial charge in [0, 0.05) is 49.6 Å². The number of nitrogens with one attached hydrogen (secondary N) is 1. The summed E-state index contributed by atoms with van der Waals surface area (Å²) in [5.41, 5.74) is 3.94. The predicted octanol–water partition coefficient (Wildman–Crippen LogP) is 3.21. The third kappa shape index (κ3) is 6.40. The summed E-state index contributed by atoms with van der Waals surface area (Å²) in [7, 11) is -2.02. The molecule has 0 aromatic heterocycles. The molecule has 1 aliphatic rings. The first kappa shape index (κ1) is 29.7. The number of rotatable bonds is 12. The molecule has 2 N–H and O–H groups in total. The molecule has 2 aromatic rings. The number of likely N-dealkylation sites (N-methyl/N-ethyl adjacent to an activating group) is 1. The highest BCUT2D eigenvalue weighted by molar-refractivity contribution is 7.92. The number of hydroxylamine groups is 3. The fraction of sp³-hybridized carbons (Fsp3) is 0.481. The van der Waals surface area contributed by atoms with Gasteiger partial charge >= 0.3 is 0 Å². The molecule has 3 rings (SSSR count). The Morgan fingerprint density at radius 1 is 1.21 bits per heavy atom. The first-order valence-corrected chi connectivity index (χ1v) is 14.4. The lowest BCUT2D eigenvalue weighted by Crippen LogP contribution is -2.50. The van der Waals surface area contributed by atoms with Crippen LogP contribution in [0.1, 0.15) is 48.7 Å². The van der Waals surface area contributed by atoms with E-state index in [4.69, 9.17) is 10.0 Å². The maximum absolute atomic E-state index is 15.6. The number of hydrogen-bond acceptors (Lipinski definition) is 7. The molecule has 0 aliphatic carbocycles. The van der Waals surface area contributed by atoms with Crippen LogP contribution in [0.3, 0.4) is 0 Å². The molecule has 1 heterocycles. The van der Waals surface area contributed by atoms with Gasteiger partial charge in [-0.25, -0.2) is 18.3 Å². The van der Waals surface area contributed by atoms with E-state index in [-0.39, 0.29) is 30.6 Å². The quantitative estimate of drug-likeness (QED) is 0.309. The Labute approximate surface area is 223 Å². The average molecular weight is 550 g/mol. The summed E-state index contributed by atoms with van der Waals surface area (Å²) in [6, 6.07) is 10.7. The molecule has 9 nitrogen and oxygen atoms in total. The van der Waals surface area contributed by atoms with Gasteiger partial charge in [0.25, 0.3) is 11.8 Å². The second kappa shape index (κ2) is 11.9. The predicted molar refractivity (Wildman–Crippen MR) is 141 cm³/mol. The van der Waals surface area contributed by atoms with E-state index in [2.05, 4.69) is 13.8 Å². The monoisotopic (exact) mass is 549 g/mol. The van der Waals surface area contributed by atoms with Crippen molar-refractivity contribution in [3.63, 3.8) is 0 Å². The summed E-state index contributed by atoms with van der Waals surface area (Å²) in [4.78, 5) is 32.0. The van der Waals surface area contributed by atoms with Crippen LogP contribution in [0.2, 0.25) is 0 Å². The van der Waals surface area contributed by atoms with Gasteiger partial charge in [-0.2, -0.15) is 5.06 Å². The van der Waals surface area contributed by atoms with E-state index >= 15 is 4.39 Å². The first-order valence-electron chi connectivity index (χ1n) is 12.5. The lowest BCUT2D eigenvalue weighted by molar-refractivity contribution is -0.147. The van der Waals surface area contributed by atoms with Crippen LogP contribution in [0, 0.1) is 11.7 Å². The van der Waals surface area contributed by atoms with Crippen LogP contribution in [0.5, 0.6) is 0 Å². The van der Waals surface area contributed by atoms with Crippen LogP contribution >= 0.6 is 0 Å². The van der Waals surface area contributed by atoms with Gasteiger partial charge in [-0.15, -0.1) is 0 Å². The zero-order valence-corrected chi connectivity index (χ0v) is 23.3. The number of benzene rings is 2. The minimum atomic E-state index is -3.92. The Morgan fingerprint density at radius 2 is 1.84 bits per heavy atom. The highest BCUT2D eigenvalue weighted by Gasteiger charge is 2.44. The van der Waals surface area contributed by atoms with Gasteiger partial charge in [-0.05, 0) is 42.9 Å². The molecule has 38 heavy (non-hydrogen) atoms. The minimum absolute atomic E-state index is 0.0464. The summed E-state index contributed by atoms with van der Waals surface area (Å²) >= 11 is 0. The molecule has 0 saturated carbocycles. The van der Waals surface area contributed by atoms with E-state index < -0.39 is 32.2 Å². The number of nitrogens with zero attached hydrogens (tertiary/aromatic N) is 2. The number of carbonyl (C=O) groups is 2. The number of sulfone groups is 1. The van der Waals surface area contributed by atoms with Crippen molar-refractivity contribution in [2.75, 3.05) is 33.0 Å². The Kier molecular flexibility index (Phi) is 9.30. The van der Waals surface area contributed by atoms with Crippen LogP contribution in [0.15, 0.2) is 36.4 Å². The molecule has 0 unspecified atom stereocenters. The maximum atomic E-state index is 15.6. The fourth-order valence-electron chi connectivity index (χ4n) is 4.22. The number of hydrogen-bond donors (Lipinski definition) is 2. The third-order valence-corrected chi connectivity index (χ3v) is 9.00. The molecule has 2 amide bonds. The molecule has 2 aromatic carbocycles. The molecule has 0 fully saturated rings. The molecule has 0 bridgehead atoms. The Hall–Kier alpha value is -2.86. The molecular formula is C27H36FN3O6S. The van der Waals surface area contributed by atoms with E-state index in [0.29, 0.717) is 23.7 Å². The van der Waals surface area contributed by atoms with Crippen molar-refractivity contribution in [2.24, 2.45) is 5.92 Å². The minimum Gasteiger partial charge on any atom is -0.334 e. The van der Waals surface area contributed by atoms with Crippen LogP contribution in [-0.4, -0.2) is 73.1 Å². The first-order chi connectivity index (χ1) is 17.8. The van der Waals surface area contributed by atoms with Crippen molar-refractivity contribution in [2.45, 2.75) is 44.9 Å². The molecule has 0 saturated heterocycles. The lowest BCUT2D eigenvalue weighted by atomic mass is 9.98. The van der Waals surface area contributed by atoms with Gasteiger partial charge in [-0.3, -0.25) is 19.6 Å². The summed E-state index contributed by atoms with van der Waals surface area (Å²) in [5.74, 6) is -1.59. The van der Waals surface area contributed by atoms with Crippen molar-refractivity contribution in [3.8, 4) is 11.1 Å². The third-order valence-electron chi connectivity index (χ3n) is 6.98. The van der Waals surface area contributed by atoms with E-state index in [0.717, 1.165) is 24.8 Å². The normalized spacial score (nSPS) is 15.2. The van der Waals surface area contributed by atoms with Crippen LogP contribution in [0.25, 0.3) is 11.1 Å². The van der Waals surface area contributed by atoms with Gasteiger partial charge in [0.05, 0.1) is 6.61 Å². The smallest absolute Gasteiger partial charge is 0.264 e. The van der Waals surface area contributed by atoms with Crippen molar-refractivity contribution < 1.29 is 32.4 Å². The summed E-state index contributed by atoms with van der Waals surface area (Å²) in [6.07, 6.45) is 1.40. The van der Waals surface area contributed by atoms with Gasteiger partial charge in [0.1, 0.15) is 5.82 Å². The highest BCUT2D eigenvalue weighted by atomic mass is 32.2. The molecule has 1 atom stereocenters. The Balaban J connectivity index is 1.71. The van der Waals surface area contributed by atoms with Gasteiger partial charge in [-0.1, -0.05) is 44.2 Å². The van der Waals surface area contributed by atoms with Crippen molar-refractivity contribution in [1.82, 2.24) is 15.4 Å². The number of halogens is 1. The molecule has 0 radical (unpaired) electrons. The second-order valence-electron chi connectivity index (χ2n) is 10.4. The highest BCUT2D eigenvalue weighted by Crippen LogP contribution is 2.33. The Bertz CT molecular complexity index is 1280. The number of carbonyl (C=O) groups excluding carboxylic acids is 2. The zero-order chi connectivity index (χ0) is 28.3. The summed E-state index contributed by atoms with van der Waals surface area (Å²) in [6.45, 7) is 6.58. The van der Waals surface area contributed by atoms with Crippen LogP contribution in [0.4, 0.5) is 4.39 Å². The zero-order valence-electron chi connectivity index (χ0n) is 22.5. The Morgan fingerprint density at radius 3 is 2.42 bits per heavy atom. The average Bonchev–Trinajstić information content (AvgIpc) is 3.20. The second-order valence-corrected chi connectivity index (χ2v) is 12.8. The van der Waals surface area contributed by atoms with Crippen LogP contribution in [-0.2, 0) is 32.4 Å². The van der Waals surface area contributed by atoms with Gasteiger partial charge in [0.15, 0.2) is 14.6 Å². The maximum Gasteiger partial charge on any atom is 0.264 e. The molecular weight excluding hydrogens is 513 g/mol. The summed E-state index contributed by atoms with van der Waals surface area (Å²) < 4.78 is 38.1. The molecule has 1 aliphatic heterocycles. The summed E-state index contributed by atoms with van der Waals surface area (Å²) in [5, 5.41) is 10.8. The fourth-order valence-corrected chi connectivity index (χ4v) is 5.07. The SMILES string of the molecule is CC(C)CON(C)CCc1ccc(-c2ccc3c(c2F)CN(CC[C@](C)(C(=O)NO)S(C)(=O)=O)C3=O)cc1. The molecule has 11 heteroatoms. The largest absolute Gasteiger partial charge is 0.334 e.